The number of fused-ring (bicyclic) bond motifs is 1. The Balaban J connectivity index is 1.86. The number of halogens is 2. The summed E-state index contributed by atoms with van der Waals surface area (Å²) < 4.78 is 1.74. The summed E-state index contributed by atoms with van der Waals surface area (Å²) in [6.45, 7) is 0. The summed E-state index contributed by atoms with van der Waals surface area (Å²) in [5, 5.41) is 11.9. The van der Waals surface area contributed by atoms with Gasteiger partial charge in [0.15, 0.2) is 5.82 Å². The first kappa shape index (κ1) is 15.6. The third kappa shape index (κ3) is 2.80. The number of hydrogen-bond acceptors (Lipinski definition) is 6. The van der Waals surface area contributed by atoms with E-state index in [1.54, 1.807) is 18.2 Å². The summed E-state index contributed by atoms with van der Waals surface area (Å²) in [7, 11) is 0. The second-order valence-electron chi connectivity index (χ2n) is 4.88. The van der Waals surface area contributed by atoms with E-state index in [-0.39, 0.29) is 10.8 Å². The molecule has 1 aromatic carbocycles. The lowest BCUT2D eigenvalue weighted by molar-refractivity contribution is 0.455. The monoisotopic (exact) mass is 395 g/mol. The minimum Gasteiger partial charge on any atom is -0.493 e. The number of hydrogen-bond donors (Lipinski definition) is 2. The number of nitrogens with one attached hydrogen (secondary N) is 1. The molecule has 3 aromatic rings. The Morgan fingerprint density at radius 1 is 1.08 bits per heavy atom. The first-order chi connectivity index (χ1) is 11.5. The van der Waals surface area contributed by atoms with Crippen molar-refractivity contribution in [3.05, 3.63) is 68.6 Å². The number of thiophene rings is 1. The van der Waals surface area contributed by atoms with Gasteiger partial charge in [-0.15, -0.1) is 11.3 Å². The van der Waals surface area contributed by atoms with Gasteiger partial charge < -0.3 is 5.11 Å². The fraction of sp³-hybridized carbons (Fsp3) is 0. The first-order valence-electron chi connectivity index (χ1n) is 6.66. The fourth-order valence-electron chi connectivity index (χ4n) is 2.18. The third-order valence-corrected chi connectivity index (χ3v) is 5.82. The Labute approximate surface area is 152 Å². The average molecular weight is 396 g/mol. The largest absolute Gasteiger partial charge is 0.493 e. The van der Waals surface area contributed by atoms with Gasteiger partial charge in [-0.25, -0.2) is 9.98 Å². The molecule has 0 aliphatic carbocycles. The van der Waals surface area contributed by atoms with E-state index in [0.29, 0.717) is 31.5 Å². The maximum Gasteiger partial charge on any atom is 0.307 e. The Morgan fingerprint density at radius 3 is 2.33 bits per heavy atom. The molecule has 0 unspecified atom stereocenters. The molecule has 0 amide bonds. The second-order valence-corrected chi connectivity index (χ2v) is 7.82. The quantitative estimate of drug-likeness (QED) is 0.652. The van der Waals surface area contributed by atoms with Gasteiger partial charge >= 0.3 is 4.87 Å². The van der Waals surface area contributed by atoms with Gasteiger partial charge in [-0.1, -0.05) is 34.5 Å². The molecule has 0 radical (unpaired) electrons. The molecule has 5 nitrogen and oxygen atoms in total. The van der Waals surface area contributed by atoms with Crippen LogP contribution in [-0.4, -0.2) is 10.1 Å². The highest BCUT2D eigenvalue weighted by molar-refractivity contribution is 7.11. The van der Waals surface area contributed by atoms with Crippen LogP contribution >= 0.6 is 45.9 Å². The minimum atomic E-state index is -0.296. The van der Waals surface area contributed by atoms with E-state index < -0.39 is 0 Å². The topological polar surface area (TPSA) is 77.8 Å². The smallest absolute Gasteiger partial charge is 0.307 e. The normalized spacial score (nSPS) is 13.8. The Morgan fingerprint density at radius 2 is 1.75 bits per heavy atom. The first-order valence-corrected chi connectivity index (χ1v) is 9.05. The molecule has 0 saturated heterocycles. The molecule has 0 bridgehead atoms. The van der Waals surface area contributed by atoms with Gasteiger partial charge in [-0.05, 0) is 30.3 Å². The van der Waals surface area contributed by atoms with Crippen LogP contribution in [-0.2, 0) is 0 Å². The van der Waals surface area contributed by atoms with Crippen LogP contribution in [0.25, 0.3) is 11.9 Å². The van der Waals surface area contributed by atoms with Crippen LogP contribution < -0.4 is 24.7 Å². The molecule has 9 heteroatoms. The van der Waals surface area contributed by atoms with Gasteiger partial charge in [0, 0.05) is 4.53 Å². The van der Waals surface area contributed by atoms with E-state index >= 15 is 0 Å². The van der Waals surface area contributed by atoms with Gasteiger partial charge in [0.1, 0.15) is 0 Å². The molecular weight excluding hydrogens is 389 g/mol. The molecule has 4 rings (SSSR count). The highest BCUT2D eigenvalue weighted by Gasteiger charge is 2.08. The van der Waals surface area contributed by atoms with E-state index in [1.807, 2.05) is 12.1 Å². The maximum absolute atomic E-state index is 11.2. The van der Waals surface area contributed by atoms with Crippen molar-refractivity contribution in [2.75, 3.05) is 0 Å². The molecule has 0 saturated carbocycles. The second kappa shape index (κ2) is 5.86. The molecule has 2 aromatic heterocycles. The lowest BCUT2D eigenvalue weighted by atomic mass is 10.3. The van der Waals surface area contributed by atoms with Gasteiger partial charge in [-0.2, -0.15) is 0 Å². The molecule has 0 spiro atoms. The number of aromatic hydroxyl groups is 1. The average Bonchev–Trinajstić information content (AvgIpc) is 3.20. The Bertz CT molecular complexity index is 1230. The van der Waals surface area contributed by atoms with Gasteiger partial charge in [0.2, 0.25) is 5.88 Å². The number of nitrogens with zero attached hydrogens (tertiary/aromatic N) is 2. The van der Waals surface area contributed by atoms with E-state index in [9.17, 15) is 9.90 Å². The van der Waals surface area contributed by atoms with Gasteiger partial charge in [-0.3, -0.25) is 9.78 Å². The summed E-state index contributed by atoms with van der Waals surface area (Å²) in [5.41, 5.74) is 0. The standard InChI is InChI=1S/C15H7Cl2N3O2S2/c16-7-4-9-10(5-8(7)17)19-13(18-9)11-2-1-6(23-11)3-12-14(21)20-15(22)24-12/h1-5,21H,(H,20,22). The zero-order valence-corrected chi connectivity index (χ0v) is 14.9. The molecule has 1 aliphatic rings. The van der Waals surface area contributed by atoms with Crippen LogP contribution in [0.15, 0.2) is 39.0 Å². The SMILES string of the molecule is O=c1[nH]c(O)c(C=c2ccc(=C3N=c4cc(Cl)c(Cl)cc4=N3)s2)s1. The van der Waals surface area contributed by atoms with Crippen molar-refractivity contribution in [2.24, 2.45) is 9.98 Å². The van der Waals surface area contributed by atoms with E-state index in [2.05, 4.69) is 15.0 Å². The van der Waals surface area contributed by atoms with Crippen LogP contribution in [0.4, 0.5) is 0 Å². The predicted molar refractivity (Wildman–Crippen MR) is 95.9 cm³/mol. The Hall–Kier alpha value is -1.93. The predicted octanol–water partition coefficient (Wildman–Crippen LogP) is 1.36. The highest BCUT2D eigenvalue weighted by atomic mass is 35.5. The minimum absolute atomic E-state index is 0.125. The number of benzene rings is 1. The molecular formula is C15H7Cl2N3O2S2. The maximum atomic E-state index is 11.2. The van der Waals surface area contributed by atoms with Crippen molar-refractivity contribution in [1.29, 1.82) is 0 Å². The molecule has 2 N–H and O–H groups in total. The van der Waals surface area contributed by atoms with E-state index in [4.69, 9.17) is 23.2 Å². The Kier molecular flexibility index (Phi) is 3.80. The number of rotatable bonds is 1. The highest BCUT2D eigenvalue weighted by Crippen LogP contribution is 2.18. The zero-order chi connectivity index (χ0) is 16.8. The van der Waals surface area contributed by atoms with Crippen LogP contribution in [0, 0.1) is 0 Å². The fourth-order valence-corrected chi connectivity index (χ4v) is 4.13. The number of H-pyrrole nitrogens is 1. The lowest BCUT2D eigenvalue weighted by Crippen LogP contribution is -2.20. The van der Waals surface area contributed by atoms with Crippen molar-refractivity contribution in [2.45, 2.75) is 0 Å². The van der Waals surface area contributed by atoms with E-state index in [0.717, 1.165) is 20.4 Å². The van der Waals surface area contributed by atoms with Crippen molar-refractivity contribution < 1.29 is 5.11 Å². The summed E-state index contributed by atoms with van der Waals surface area (Å²) in [4.78, 5) is 22.7. The molecule has 120 valence electrons. The number of thiazole rings is 1. The molecule has 24 heavy (non-hydrogen) atoms. The van der Waals surface area contributed by atoms with Crippen LogP contribution in [0.5, 0.6) is 5.88 Å². The summed E-state index contributed by atoms with van der Waals surface area (Å²) >= 11 is 14.4. The molecule has 0 atom stereocenters. The molecule has 3 heterocycles. The summed E-state index contributed by atoms with van der Waals surface area (Å²) in [6.07, 6.45) is 1.74. The van der Waals surface area contributed by atoms with Gasteiger partial charge in [0.05, 0.1) is 30.2 Å². The number of aromatic amines is 1. The third-order valence-electron chi connectivity index (χ3n) is 3.25. The van der Waals surface area contributed by atoms with Crippen LogP contribution in [0.3, 0.4) is 0 Å². The van der Waals surface area contributed by atoms with Crippen molar-refractivity contribution in [3.8, 4) is 5.88 Å². The summed E-state index contributed by atoms with van der Waals surface area (Å²) in [5.74, 6) is 0.457. The van der Waals surface area contributed by atoms with E-state index in [1.165, 1.54) is 11.3 Å². The van der Waals surface area contributed by atoms with Crippen LogP contribution in [0.2, 0.25) is 10.0 Å². The van der Waals surface area contributed by atoms with Crippen LogP contribution in [0.1, 0.15) is 4.88 Å². The molecule has 0 fully saturated rings. The number of aromatic nitrogens is 1. The lowest BCUT2D eigenvalue weighted by Gasteiger charge is -1.90. The van der Waals surface area contributed by atoms with Crippen molar-refractivity contribution >= 4 is 57.8 Å². The molecule has 1 aliphatic heterocycles. The van der Waals surface area contributed by atoms with Gasteiger partial charge in [0.25, 0.3) is 0 Å². The summed E-state index contributed by atoms with van der Waals surface area (Å²) in [6, 6.07) is 7.14. The van der Waals surface area contributed by atoms with Crippen molar-refractivity contribution in [1.82, 2.24) is 4.98 Å². The van der Waals surface area contributed by atoms with Crippen molar-refractivity contribution in [3.63, 3.8) is 0 Å². The zero-order valence-electron chi connectivity index (χ0n) is 11.7.